The summed E-state index contributed by atoms with van der Waals surface area (Å²) in [5.74, 6) is 0.472. The van der Waals surface area contributed by atoms with Crippen molar-refractivity contribution in [2.45, 2.75) is 39.0 Å². The van der Waals surface area contributed by atoms with Crippen LogP contribution in [0.1, 0.15) is 43.2 Å². The fraction of sp³-hybridized carbons (Fsp3) is 0.538. The molecule has 15 heavy (non-hydrogen) atoms. The topological polar surface area (TPSA) is 12.0 Å². The van der Waals surface area contributed by atoms with Gasteiger partial charge in [-0.3, -0.25) is 0 Å². The van der Waals surface area contributed by atoms with Gasteiger partial charge in [-0.05, 0) is 48.9 Å². The van der Waals surface area contributed by atoms with Crippen molar-refractivity contribution in [3.63, 3.8) is 0 Å². The fourth-order valence-electron chi connectivity index (χ4n) is 2.37. The lowest BCUT2D eigenvalue weighted by atomic mass is 9.87. The quantitative estimate of drug-likeness (QED) is 0.777. The highest BCUT2D eigenvalue weighted by Gasteiger charge is 2.20. The summed E-state index contributed by atoms with van der Waals surface area (Å²) in [6, 6.07) is 3.66. The Morgan fingerprint density at radius 3 is 3.00 bits per heavy atom. The fourth-order valence-corrected chi connectivity index (χ4v) is 2.37. The highest BCUT2D eigenvalue weighted by molar-refractivity contribution is 5.56. The molecule has 82 valence electrons. The molecule has 0 spiro atoms. The highest BCUT2D eigenvalue weighted by atomic mass is 19.1. The maximum atomic E-state index is 13.5. The van der Waals surface area contributed by atoms with Crippen LogP contribution in [-0.4, -0.2) is 6.54 Å². The number of rotatable bonds is 2. The lowest BCUT2D eigenvalue weighted by molar-refractivity contribution is 0.558. The molecule has 2 heteroatoms. The molecular formula is C13H18FN. The van der Waals surface area contributed by atoms with E-state index >= 15 is 0 Å². The van der Waals surface area contributed by atoms with Crippen molar-refractivity contribution in [3.05, 3.63) is 29.1 Å². The van der Waals surface area contributed by atoms with E-state index in [1.54, 1.807) is 6.07 Å². The number of fused-ring (bicyclic) bond motifs is 1. The average Bonchev–Trinajstić information content (AvgIpc) is 2.21. The lowest BCUT2D eigenvalue weighted by Gasteiger charge is -2.27. The second-order valence-electron chi connectivity index (χ2n) is 4.39. The first kappa shape index (κ1) is 10.5. The smallest absolute Gasteiger partial charge is 0.126 e. The predicted molar refractivity (Wildman–Crippen MR) is 61.9 cm³/mol. The number of halogens is 1. The number of hydrogen-bond acceptors (Lipinski definition) is 1. The number of nitrogens with one attached hydrogen (secondary N) is 1. The van der Waals surface area contributed by atoms with Gasteiger partial charge in [0.2, 0.25) is 0 Å². The summed E-state index contributed by atoms with van der Waals surface area (Å²) >= 11 is 0. The van der Waals surface area contributed by atoms with E-state index in [1.165, 1.54) is 12.0 Å². The molecule has 0 radical (unpaired) electrons. The molecule has 0 aliphatic carbocycles. The number of aryl methyl sites for hydroxylation is 1. The monoisotopic (exact) mass is 207 g/mol. The van der Waals surface area contributed by atoms with E-state index < -0.39 is 0 Å². The molecule has 0 bridgehead atoms. The minimum atomic E-state index is -0.0708. The molecule has 2 rings (SSSR count). The van der Waals surface area contributed by atoms with Gasteiger partial charge in [-0.15, -0.1) is 0 Å². The minimum absolute atomic E-state index is 0.0708. The molecule has 1 unspecified atom stereocenters. The predicted octanol–water partition coefficient (Wildman–Crippen LogP) is 3.83. The van der Waals surface area contributed by atoms with Crippen LogP contribution in [0.15, 0.2) is 12.1 Å². The van der Waals surface area contributed by atoms with Crippen molar-refractivity contribution < 1.29 is 4.39 Å². The Bertz CT molecular complexity index is 360. The molecule has 1 aromatic rings. The van der Waals surface area contributed by atoms with E-state index in [1.807, 2.05) is 13.0 Å². The number of anilines is 1. The van der Waals surface area contributed by atoms with Gasteiger partial charge in [0.15, 0.2) is 0 Å². The van der Waals surface area contributed by atoms with Crippen molar-refractivity contribution >= 4 is 5.69 Å². The van der Waals surface area contributed by atoms with Crippen LogP contribution in [0.4, 0.5) is 10.1 Å². The summed E-state index contributed by atoms with van der Waals surface area (Å²) < 4.78 is 13.5. The zero-order chi connectivity index (χ0) is 10.8. The van der Waals surface area contributed by atoms with E-state index in [2.05, 4.69) is 12.2 Å². The van der Waals surface area contributed by atoms with Gasteiger partial charge in [-0.2, -0.15) is 0 Å². The summed E-state index contributed by atoms with van der Waals surface area (Å²) in [7, 11) is 0. The Labute approximate surface area is 90.7 Å². The Morgan fingerprint density at radius 1 is 1.47 bits per heavy atom. The third-order valence-electron chi connectivity index (χ3n) is 3.22. The zero-order valence-electron chi connectivity index (χ0n) is 9.44. The van der Waals surface area contributed by atoms with Crippen LogP contribution in [0.5, 0.6) is 0 Å². The van der Waals surface area contributed by atoms with Gasteiger partial charge in [0.25, 0.3) is 0 Å². The third-order valence-corrected chi connectivity index (χ3v) is 3.22. The van der Waals surface area contributed by atoms with Crippen LogP contribution in [-0.2, 0) is 0 Å². The molecule has 0 amide bonds. The molecular weight excluding hydrogens is 189 g/mol. The lowest BCUT2D eigenvalue weighted by Crippen LogP contribution is -2.17. The van der Waals surface area contributed by atoms with E-state index in [4.69, 9.17) is 0 Å². The second-order valence-corrected chi connectivity index (χ2v) is 4.39. The van der Waals surface area contributed by atoms with Crippen molar-refractivity contribution in [2.24, 2.45) is 0 Å². The summed E-state index contributed by atoms with van der Waals surface area (Å²) in [6.07, 6.45) is 3.46. The SMILES string of the molecule is CCCC1CCNc2cc(C)c(F)cc21. The summed E-state index contributed by atoms with van der Waals surface area (Å²) in [5.41, 5.74) is 3.04. The first-order chi connectivity index (χ1) is 7.22. The zero-order valence-corrected chi connectivity index (χ0v) is 9.44. The van der Waals surface area contributed by atoms with Gasteiger partial charge in [0.05, 0.1) is 0 Å². The Hall–Kier alpha value is -1.05. The Kier molecular flexibility index (Phi) is 2.94. The van der Waals surface area contributed by atoms with Crippen molar-refractivity contribution in [2.75, 3.05) is 11.9 Å². The normalized spacial score (nSPS) is 19.5. The van der Waals surface area contributed by atoms with Gasteiger partial charge in [-0.1, -0.05) is 13.3 Å². The van der Waals surface area contributed by atoms with E-state index in [9.17, 15) is 4.39 Å². The molecule has 1 N–H and O–H groups in total. The van der Waals surface area contributed by atoms with Gasteiger partial charge < -0.3 is 5.32 Å². The first-order valence-corrected chi connectivity index (χ1v) is 5.76. The molecule has 0 fully saturated rings. The van der Waals surface area contributed by atoms with E-state index in [0.29, 0.717) is 5.92 Å². The van der Waals surface area contributed by atoms with Crippen LogP contribution in [0.25, 0.3) is 0 Å². The molecule has 1 atom stereocenters. The largest absolute Gasteiger partial charge is 0.385 e. The molecule has 1 aliphatic heterocycles. The number of hydrogen-bond donors (Lipinski definition) is 1. The highest BCUT2D eigenvalue weighted by Crippen LogP contribution is 2.35. The summed E-state index contributed by atoms with van der Waals surface area (Å²) in [4.78, 5) is 0. The molecule has 0 saturated heterocycles. The summed E-state index contributed by atoms with van der Waals surface area (Å²) in [6.45, 7) is 5.02. The van der Waals surface area contributed by atoms with Gasteiger partial charge >= 0.3 is 0 Å². The molecule has 1 aromatic carbocycles. The molecule has 1 aliphatic rings. The van der Waals surface area contributed by atoms with Crippen LogP contribution in [0.2, 0.25) is 0 Å². The second kappa shape index (κ2) is 4.21. The summed E-state index contributed by atoms with van der Waals surface area (Å²) in [5, 5.41) is 3.35. The maximum absolute atomic E-state index is 13.5. The van der Waals surface area contributed by atoms with Crippen molar-refractivity contribution in [3.8, 4) is 0 Å². The van der Waals surface area contributed by atoms with Crippen molar-refractivity contribution in [1.29, 1.82) is 0 Å². The van der Waals surface area contributed by atoms with Crippen LogP contribution < -0.4 is 5.32 Å². The third kappa shape index (κ3) is 1.99. The molecule has 0 aromatic heterocycles. The van der Waals surface area contributed by atoms with Gasteiger partial charge in [0.1, 0.15) is 5.82 Å². The molecule has 0 saturated carbocycles. The standard InChI is InChI=1S/C13H18FN/c1-3-4-10-5-6-15-13-7-9(2)12(14)8-11(10)13/h7-8,10,15H,3-6H2,1-2H3. The van der Waals surface area contributed by atoms with Crippen LogP contribution >= 0.6 is 0 Å². The van der Waals surface area contributed by atoms with Crippen LogP contribution in [0, 0.1) is 12.7 Å². The Balaban J connectivity index is 2.38. The number of benzene rings is 1. The molecule has 1 nitrogen and oxygen atoms in total. The maximum Gasteiger partial charge on any atom is 0.126 e. The van der Waals surface area contributed by atoms with E-state index in [0.717, 1.165) is 30.6 Å². The minimum Gasteiger partial charge on any atom is -0.385 e. The van der Waals surface area contributed by atoms with Crippen LogP contribution in [0.3, 0.4) is 0 Å². The van der Waals surface area contributed by atoms with E-state index in [-0.39, 0.29) is 5.82 Å². The first-order valence-electron chi connectivity index (χ1n) is 5.76. The van der Waals surface area contributed by atoms with Crippen molar-refractivity contribution in [1.82, 2.24) is 0 Å². The Morgan fingerprint density at radius 2 is 2.27 bits per heavy atom. The van der Waals surface area contributed by atoms with Gasteiger partial charge in [0, 0.05) is 12.2 Å². The average molecular weight is 207 g/mol. The molecule has 1 heterocycles. The van der Waals surface area contributed by atoms with Gasteiger partial charge in [-0.25, -0.2) is 4.39 Å².